The Balaban J connectivity index is 2.32. The van der Waals surface area contributed by atoms with Crippen LogP contribution >= 0.6 is 11.8 Å². The average Bonchev–Trinajstić information content (AvgIpc) is 2.42. The van der Waals surface area contributed by atoms with E-state index in [2.05, 4.69) is 24.3 Å². The van der Waals surface area contributed by atoms with Crippen molar-refractivity contribution in [2.24, 2.45) is 5.73 Å². The van der Waals surface area contributed by atoms with Gasteiger partial charge in [-0.1, -0.05) is 29.5 Å². The molecule has 21 heavy (non-hydrogen) atoms. The molecule has 2 aromatic rings. The minimum atomic E-state index is -0.370. The molecule has 0 aliphatic rings. The third-order valence-corrected chi connectivity index (χ3v) is 4.17. The Morgan fingerprint density at radius 2 is 1.90 bits per heavy atom. The molecule has 2 aromatic carbocycles. The molecule has 5 heteroatoms. The van der Waals surface area contributed by atoms with Gasteiger partial charge in [-0.3, -0.25) is 10.1 Å². The van der Waals surface area contributed by atoms with Crippen LogP contribution in [0.4, 0.5) is 5.69 Å². The van der Waals surface area contributed by atoms with Gasteiger partial charge in [-0.15, -0.1) is 0 Å². The summed E-state index contributed by atoms with van der Waals surface area (Å²) in [6.45, 7) is 3.95. The van der Waals surface area contributed by atoms with Gasteiger partial charge in [-0.2, -0.15) is 0 Å². The van der Waals surface area contributed by atoms with Crippen molar-refractivity contribution in [2.75, 3.05) is 0 Å². The van der Waals surface area contributed by atoms with E-state index in [1.54, 1.807) is 30.0 Å². The minimum absolute atomic E-state index is 0.0376. The molecular formula is C16H18N2O2S. The highest BCUT2D eigenvalue weighted by molar-refractivity contribution is 7.99. The summed E-state index contributed by atoms with van der Waals surface area (Å²) in [7, 11) is 0. The molecule has 0 radical (unpaired) electrons. The van der Waals surface area contributed by atoms with E-state index in [9.17, 15) is 10.1 Å². The van der Waals surface area contributed by atoms with E-state index < -0.39 is 0 Å². The maximum Gasteiger partial charge on any atom is 0.269 e. The zero-order valence-electron chi connectivity index (χ0n) is 12.1. The van der Waals surface area contributed by atoms with Crippen LogP contribution in [0.1, 0.15) is 18.1 Å². The first-order chi connectivity index (χ1) is 9.95. The van der Waals surface area contributed by atoms with Crippen molar-refractivity contribution < 1.29 is 4.92 Å². The molecule has 1 atom stereocenters. The Bertz CT molecular complexity index is 639. The van der Waals surface area contributed by atoms with E-state index in [-0.39, 0.29) is 16.7 Å². The van der Waals surface area contributed by atoms with E-state index in [0.717, 1.165) is 15.4 Å². The normalized spacial score (nSPS) is 12.1. The number of non-ortho nitro benzene ring substituents is 1. The molecule has 0 saturated carbocycles. The number of nitro groups is 1. The summed E-state index contributed by atoms with van der Waals surface area (Å²) in [6, 6.07) is 13.2. The van der Waals surface area contributed by atoms with Crippen molar-refractivity contribution in [3.05, 3.63) is 63.7 Å². The summed E-state index contributed by atoms with van der Waals surface area (Å²) >= 11 is 1.61. The Kier molecular flexibility index (Phi) is 4.98. The first kappa shape index (κ1) is 15.5. The lowest BCUT2D eigenvalue weighted by Crippen LogP contribution is -2.18. The number of nitrogens with two attached hydrogens (primary N) is 1. The van der Waals surface area contributed by atoms with Crippen LogP contribution in [0, 0.1) is 17.0 Å². The second-order valence-corrected chi connectivity index (χ2v) is 6.26. The fourth-order valence-corrected chi connectivity index (χ4v) is 2.95. The van der Waals surface area contributed by atoms with Crippen LogP contribution in [0.15, 0.2) is 52.3 Å². The van der Waals surface area contributed by atoms with Gasteiger partial charge in [0.2, 0.25) is 0 Å². The number of aryl methyl sites for hydroxylation is 1. The second-order valence-electron chi connectivity index (χ2n) is 5.15. The van der Waals surface area contributed by atoms with Crippen LogP contribution in [0.2, 0.25) is 0 Å². The lowest BCUT2D eigenvalue weighted by molar-refractivity contribution is -0.385. The van der Waals surface area contributed by atoms with Crippen molar-refractivity contribution in [1.82, 2.24) is 0 Å². The van der Waals surface area contributed by atoms with Gasteiger partial charge in [0.1, 0.15) is 0 Å². The standard InChI is InChI=1S/C16H18N2O2S/c1-11-3-6-15(7-4-11)21-16-8-5-14(18(19)20)10-13(16)9-12(2)17/h3-8,10,12H,9,17H2,1-2H3. The van der Waals surface area contributed by atoms with Crippen molar-refractivity contribution in [1.29, 1.82) is 0 Å². The van der Waals surface area contributed by atoms with Gasteiger partial charge in [0, 0.05) is 28.0 Å². The highest BCUT2D eigenvalue weighted by Gasteiger charge is 2.13. The summed E-state index contributed by atoms with van der Waals surface area (Å²) in [5, 5.41) is 10.9. The first-order valence-electron chi connectivity index (χ1n) is 6.73. The molecule has 0 aliphatic heterocycles. The molecule has 4 nitrogen and oxygen atoms in total. The smallest absolute Gasteiger partial charge is 0.269 e. The summed E-state index contributed by atoms with van der Waals surface area (Å²) in [4.78, 5) is 12.7. The van der Waals surface area contributed by atoms with E-state index in [4.69, 9.17) is 5.73 Å². The van der Waals surface area contributed by atoms with Crippen molar-refractivity contribution >= 4 is 17.4 Å². The molecule has 0 heterocycles. The SMILES string of the molecule is Cc1ccc(Sc2ccc([N+](=O)[O-])cc2CC(C)N)cc1. The fraction of sp³-hybridized carbons (Fsp3) is 0.250. The van der Waals surface area contributed by atoms with Crippen molar-refractivity contribution in [3.63, 3.8) is 0 Å². The number of nitrogens with zero attached hydrogens (tertiary/aromatic N) is 1. The highest BCUT2D eigenvalue weighted by atomic mass is 32.2. The molecule has 0 spiro atoms. The van der Waals surface area contributed by atoms with E-state index in [1.165, 1.54) is 5.56 Å². The summed E-state index contributed by atoms with van der Waals surface area (Å²) < 4.78 is 0. The molecule has 2 N–H and O–H groups in total. The van der Waals surface area contributed by atoms with Gasteiger partial charge in [-0.25, -0.2) is 0 Å². The summed E-state index contributed by atoms with van der Waals surface area (Å²) in [5.74, 6) is 0. The van der Waals surface area contributed by atoms with Gasteiger partial charge < -0.3 is 5.73 Å². The van der Waals surface area contributed by atoms with Gasteiger partial charge in [-0.05, 0) is 44.0 Å². The lowest BCUT2D eigenvalue weighted by Gasteiger charge is -2.11. The van der Waals surface area contributed by atoms with Gasteiger partial charge >= 0.3 is 0 Å². The van der Waals surface area contributed by atoms with Crippen LogP contribution in [0.25, 0.3) is 0 Å². The number of nitro benzene ring substituents is 1. The summed E-state index contributed by atoms with van der Waals surface area (Å²) in [6.07, 6.45) is 0.621. The zero-order valence-corrected chi connectivity index (χ0v) is 12.9. The highest BCUT2D eigenvalue weighted by Crippen LogP contribution is 2.33. The van der Waals surface area contributed by atoms with Gasteiger partial charge in [0.25, 0.3) is 5.69 Å². The largest absolute Gasteiger partial charge is 0.328 e. The molecule has 110 valence electrons. The van der Waals surface area contributed by atoms with Crippen molar-refractivity contribution in [2.45, 2.75) is 36.1 Å². The quantitative estimate of drug-likeness (QED) is 0.671. The fourth-order valence-electron chi connectivity index (χ4n) is 2.02. The predicted octanol–water partition coefficient (Wildman–Crippen LogP) is 3.94. The Hall–Kier alpha value is -1.85. The van der Waals surface area contributed by atoms with Crippen LogP contribution < -0.4 is 5.73 Å². The van der Waals surface area contributed by atoms with Crippen molar-refractivity contribution in [3.8, 4) is 0 Å². The van der Waals surface area contributed by atoms with Crippen LogP contribution in [-0.2, 0) is 6.42 Å². The lowest BCUT2D eigenvalue weighted by atomic mass is 10.1. The number of rotatable bonds is 5. The van der Waals surface area contributed by atoms with Gasteiger partial charge in [0.05, 0.1) is 4.92 Å². The number of benzene rings is 2. The first-order valence-corrected chi connectivity index (χ1v) is 7.55. The van der Waals surface area contributed by atoms with E-state index in [0.29, 0.717) is 6.42 Å². The van der Waals surface area contributed by atoms with Crippen LogP contribution in [0.3, 0.4) is 0 Å². The monoisotopic (exact) mass is 302 g/mol. The Morgan fingerprint density at radius 3 is 2.48 bits per heavy atom. The van der Waals surface area contributed by atoms with Crippen LogP contribution in [-0.4, -0.2) is 11.0 Å². The molecule has 0 saturated heterocycles. The number of hydrogen-bond donors (Lipinski definition) is 1. The van der Waals surface area contributed by atoms with Crippen LogP contribution in [0.5, 0.6) is 0 Å². The Morgan fingerprint density at radius 1 is 1.24 bits per heavy atom. The van der Waals surface area contributed by atoms with Gasteiger partial charge in [0.15, 0.2) is 0 Å². The molecule has 0 amide bonds. The second kappa shape index (κ2) is 6.74. The zero-order chi connectivity index (χ0) is 15.4. The maximum absolute atomic E-state index is 10.9. The topological polar surface area (TPSA) is 69.2 Å². The molecule has 1 unspecified atom stereocenters. The summed E-state index contributed by atoms with van der Waals surface area (Å²) in [5.41, 5.74) is 8.09. The molecular weight excluding hydrogens is 284 g/mol. The number of hydrogen-bond acceptors (Lipinski definition) is 4. The molecule has 0 aromatic heterocycles. The molecule has 2 rings (SSSR count). The van der Waals surface area contributed by atoms with E-state index >= 15 is 0 Å². The molecule has 0 aliphatic carbocycles. The molecule has 0 bridgehead atoms. The third kappa shape index (κ3) is 4.31. The van der Waals surface area contributed by atoms with E-state index in [1.807, 2.05) is 13.8 Å². The average molecular weight is 302 g/mol. The Labute approximate surface area is 128 Å². The predicted molar refractivity (Wildman–Crippen MR) is 85.8 cm³/mol. The maximum atomic E-state index is 10.9. The third-order valence-electron chi connectivity index (χ3n) is 3.05. The minimum Gasteiger partial charge on any atom is -0.328 e. The molecule has 0 fully saturated rings.